The van der Waals surface area contributed by atoms with Crippen molar-refractivity contribution in [1.29, 1.82) is 0 Å². The van der Waals surface area contributed by atoms with Crippen LogP contribution in [0.1, 0.15) is 25.7 Å². The first kappa shape index (κ1) is 11.9. The minimum atomic E-state index is -1.57. The van der Waals surface area contributed by atoms with Crippen LogP contribution in [0.3, 0.4) is 0 Å². The first-order valence-electron chi connectivity index (χ1n) is 5.97. The van der Waals surface area contributed by atoms with Crippen LogP contribution in [0.25, 0.3) is 0 Å². The second-order valence-electron chi connectivity index (χ2n) is 5.66. The molecule has 2 unspecified atom stereocenters. The number of fused-ring (bicyclic) bond motifs is 2. The van der Waals surface area contributed by atoms with Crippen molar-refractivity contribution in [1.82, 2.24) is 4.90 Å². The lowest BCUT2D eigenvalue weighted by Crippen LogP contribution is -2.47. The zero-order valence-electron chi connectivity index (χ0n) is 10.0. The van der Waals surface area contributed by atoms with Crippen molar-refractivity contribution < 1.29 is 4.43 Å². The van der Waals surface area contributed by atoms with Gasteiger partial charge in [-0.2, -0.15) is 0 Å². The molecule has 2 heterocycles. The maximum atomic E-state index is 6.24. The van der Waals surface area contributed by atoms with Crippen molar-refractivity contribution in [2.24, 2.45) is 0 Å². The van der Waals surface area contributed by atoms with Crippen LogP contribution in [0, 0.1) is 0 Å². The van der Waals surface area contributed by atoms with Gasteiger partial charge >= 0.3 is 0 Å². The fourth-order valence-electron chi connectivity index (χ4n) is 2.94. The summed E-state index contributed by atoms with van der Waals surface area (Å²) in [7, 11) is 0.695. The van der Waals surface area contributed by atoms with Gasteiger partial charge in [-0.15, -0.1) is 11.6 Å². The van der Waals surface area contributed by atoms with Crippen LogP contribution < -0.4 is 0 Å². The third kappa shape index (κ3) is 2.57. The highest BCUT2D eigenvalue weighted by Gasteiger charge is 2.40. The third-order valence-electron chi connectivity index (χ3n) is 3.86. The number of nitrogens with zero attached hydrogens (tertiary/aromatic N) is 1. The average molecular weight is 248 g/mol. The maximum absolute atomic E-state index is 6.24. The lowest BCUT2D eigenvalue weighted by atomic mass is 10.0. The van der Waals surface area contributed by atoms with E-state index in [9.17, 15) is 0 Å². The molecule has 2 aliphatic heterocycles. The Labute approximate surface area is 99.1 Å². The second-order valence-corrected chi connectivity index (χ2v) is 10.5. The van der Waals surface area contributed by atoms with E-state index in [1.807, 2.05) is 0 Å². The summed E-state index contributed by atoms with van der Waals surface area (Å²) in [6.45, 7) is 4.44. The van der Waals surface area contributed by atoms with Crippen LogP contribution >= 0.6 is 11.6 Å². The highest BCUT2D eigenvalue weighted by molar-refractivity contribution is 6.77. The molecule has 0 radical (unpaired) electrons. The van der Waals surface area contributed by atoms with Gasteiger partial charge in [0.2, 0.25) is 8.32 Å². The highest BCUT2D eigenvalue weighted by Crippen LogP contribution is 2.36. The molecule has 0 aromatic carbocycles. The molecule has 15 heavy (non-hydrogen) atoms. The van der Waals surface area contributed by atoms with E-state index in [-0.39, 0.29) is 0 Å². The number of rotatable bonds is 3. The van der Waals surface area contributed by atoms with Gasteiger partial charge in [-0.3, -0.25) is 0 Å². The Morgan fingerprint density at radius 2 is 1.80 bits per heavy atom. The third-order valence-corrected chi connectivity index (χ3v) is 7.41. The number of alkyl halides is 1. The molecule has 2 rings (SSSR count). The first-order valence-corrected chi connectivity index (χ1v) is 9.62. The van der Waals surface area contributed by atoms with Crippen molar-refractivity contribution >= 4 is 19.9 Å². The van der Waals surface area contributed by atoms with Crippen LogP contribution in [-0.2, 0) is 4.43 Å². The zero-order valence-corrected chi connectivity index (χ0v) is 11.8. The summed E-state index contributed by atoms with van der Waals surface area (Å²) in [6.07, 6.45) is 5.66. The molecule has 88 valence electrons. The monoisotopic (exact) mass is 247 g/mol. The number of hydrogen-bond acceptors (Lipinski definition) is 2. The quantitative estimate of drug-likeness (QED) is 0.562. The Morgan fingerprint density at radius 1 is 1.27 bits per heavy atom. The minimum absolute atomic E-state index is 0.485. The van der Waals surface area contributed by atoms with Gasteiger partial charge in [0.05, 0.1) is 0 Å². The zero-order chi connectivity index (χ0) is 11.1. The summed E-state index contributed by atoms with van der Waals surface area (Å²) >= 11 is 5.96. The van der Waals surface area contributed by atoms with E-state index in [0.29, 0.717) is 11.6 Å². The molecule has 2 aliphatic rings. The van der Waals surface area contributed by atoms with Gasteiger partial charge in [0, 0.05) is 23.7 Å². The smallest absolute Gasteiger partial charge is 0.201 e. The molecule has 4 heteroatoms. The summed E-state index contributed by atoms with van der Waals surface area (Å²) in [5, 5.41) is 0. The van der Waals surface area contributed by atoms with Crippen LogP contribution in [0.2, 0.25) is 13.1 Å². The van der Waals surface area contributed by atoms with Crippen LogP contribution in [0.15, 0.2) is 0 Å². The predicted molar refractivity (Wildman–Crippen MR) is 66.9 cm³/mol. The van der Waals surface area contributed by atoms with Crippen molar-refractivity contribution in [3.63, 3.8) is 0 Å². The van der Waals surface area contributed by atoms with Crippen molar-refractivity contribution in [2.75, 3.05) is 12.6 Å². The summed E-state index contributed by atoms with van der Waals surface area (Å²) in [4.78, 5) is 2.55. The van der Waals surface area contributed by atoms with E-state index in [2.05, 4.69) is 25.0 Å². The fourth-order valence-corrected chi connectivity index (χ4v) is 4.29. The first-order chi connectivity index (χ1) is 7.02. The molecule has 0 spiro atoms. The van der Waals surface area contributed by atoms with Crippen molar-refractivity contribution in [2.45, 2.75) is 57.0 Å². The SMILES string of the molecule is CN1C2CCC1CC(O[Si](C)(C)CCl)C2. The molecule has 2 fully saturated rings. The molecule has 0 saturated carbocycles. The number of halogens is 1. The average Bonchev–Trinajstić information content (AvgIpc) is 2.40. The van der Waals surface area contributed by atoms with E-state index < -0.39 is 8.32 Å². The molecule has 2 saturated heterocycles. The topological polar surface area (TPSA) is 12.5 Å². The van der Waals surface area contributed by atoms with Gasteiger partial charge in [0.1, 0.15) is 0 Å². The maximum Gasteiger partial charge on any atom is 0.201 e. The summed E-state index contributed by atoms with van der Waals surface area (Å²) in [5.41, 5.74) is 0.717. The molecule has 2 bridgehead atoms. The van der Waals surface area contributed by atoms with Gasteiger partial charge in [0.25, 0.3) is 0 Å². The highest BCUT2D eigenvalue weighted by atomic mass is 35.5. The standard InChI is InChI=1S/C11H22ClNOSi/c1-13-9-4-5-10(13)7-11(6-9)14-15(2,3)8-12/h9-11H,4-8H2,1-3H3. The van der Waals surface area contributed by atoms with E-state index in [4.69, 9.17) is 16.0 Å². The minimum Gasteiger partial charge on any atom is -0.413 e. The molecule has 0 aliphatic carbocycles. The number of hydrogen-bond donors (Lipinski definition) is 0. The Kier molecular flexibility index (Phi) is 3.46. The van der Waals surface area contributed by atoms with Crippen LogP contribution in [-0.4, -0.2) is 44.0 Å². The summed E-state index contributed by atoms with van der Waals surface area (Å²) in [6, 6.07) is 1.54. The van der Waals surface area contributed by atoms with Gasteiger partial charge in [-0.05, 0) is 45.8 Å². The predicted octanol–water partition coefficient (Wildman–Crippen LogP) is 2.61. The van der Waals surface area contributed by atoms with Gasteiger partial charge in [-0.1, -0.05) is 0 Å². The number of piperidine rings is 1. The van der Waals surface area contributed by atoms with Gasteiger partial charge < -0.3 is 9.33 Å². The Bertz CT molecular complexity index is 223. The lowest BCUT2D eigenvalue weighted by Gasteiger charge is -2.39. The van der Waals surface area contributed by atoms with E-state index >= 15 is 0 Å². The van der Waals surface area contributed by atoms with Crippen molar-refractivity contribution in [3.8, 4) is 0 Å². The fraction of sp³-hybridized carbons (Fsp3) is 1.00. The van der Waals surface area contributed by atoms with E-state index in [1.54, 1.807) is 0 Å². The van der Waals surface area contributed by atoms with Crippen LogP contribution in [0.4, 0.5) is 0 Å². The van der Waals surface area contributed by atoms with Gasteiger partial charge in [-0.25, -0.2) is 0 Å². The van der Waals surface area contributed by atoms with Crippen LogP contribution in [0.5, 0.6) is 0 Å². The second kappa shape index (κ2) is 4.36. The summed E-state index contributed by atoms with van der Waals surface area (Å²) in [5.74, 6) is 0. The largest absolute Gasteiger partial charge is 0.413 e. The molecule has 0 aromatic heterocycles. The van der Waals surface area contributed by atoms with Gasteiger partial charge in [0.15, 0.2) is 0 Å². The molecule has 0 aromatic rings. The van der Waals surface area contributed by atoms with E-state index in [1.165, 1.54) is 25.7 Å². The molecular formula is C11H22ClNOSi. The molecule has 2 nitrogen and oxygen atoms in total. The Balaban J connectivity index is 1.92. The molecule has 0 N–H and O–H groups in total. The summed E-state index contributed by atoms with van der Waals surface area (Å²) < 4.78 is 6.24. The van der Waals surface area contributed by atoms with E-state index in [0.717, 1.165) is 12.1 Å². The molecule has 2 atom stereocenters. The normalized spacial score (nSPS) is 37.2. The Hall–Kier alpha value is 0.427. The Morgan fingerprint density at radius 3 is 2.27 bits per heavy atom. The lowest BCUT2D eigenvalue weighted by molar-refractivity contribution is 0.0615. The molecular weight excluding hydrogens is 226 g/mol. The van der Waals surface area contributed by atoms with Crippen molar-refractivity contribution in [3.05, 3.63) is 0 Å². The molecule has 0 amide bonds.